The fourth-order valence-corrected chi connectivity index (χ4v) is 2.40. The highest BCUT2D eigenvalue weighted by molar-refractivity contribution is 6.02. The molecule has 0 saturated heterocycles. The number of amides is 1. The number of unbranched alkanes of at least 4 members (excludes halogenated alkanes) is 1. The first kappa shape index (κ1) is 18.5. The zero-order chi connectivity index (χ0) is 18.1. The highest BCUT2D eigenvalue weighted by Gasteiger charge is 2.11. The summed E-state index contributed by atoms with van der Waals surface area (Å²) in [7, 11) is 3.09. The molecule has 0 atom stereocenters. The lowest BCUT2D eigenvalue weighted by Crippen LogP contribution is -2.20. The molecule has 0 unspecified atom stereocenters. The Bertz CT molecular complexity index is 727. The summed E-state index contributed by atoms with van der Waals surface area (Å²) in [5.74, 6) is 0.801. The molecule has 5 nitrogen and oxygen atoms in total. The van der Waals surface area contributed by atoms with Crippen molar-refractivity contribution in [3.63, 3.8) is 0 Å². The average molecular weight is 340 g/mol. The molecule has 0 saturated carbocycles. The molecule has 0 heterocycles. The Morgan fingerprint density at radius 3 is 2.36 bits per heavy atom. The zero-order valence-corrected chi connectivity index (χ0v) is 14.9. The Balaban J connectivity index is 2.18. The Morgan fingerprint density at radius 1 is 1.00 bits per heavy atom. The van der Waals surface area contributed by atoms with E-state index in [0.717, 1.165) is 30.5 Å². The predicted octanol–water partition coefficient (Wildman–Crippen LogP) is 4.03. The topological polar surface area (TPSA) is 59.9 Å². The van der Waals surface area contributed by atoms with Crippen LogP contribution >= 0.6 is 0 Å². The van der Waals surface area contributed by atoms with Gasteiger partial charge in [0.1, 0.15) is 0 Å². The molecule has 1 N–H and O–H groups in total. The second-order valence-corrected chi connectivity index (χ2v) is 5.54. The molecule has 2 aromatic rings. The van der Waals surface area contributed by atoms with Crippen LogP contribution in [0.2, 0.25) is 0 Å². The molecule has 0 fully saturated rings. The molecule has 25 heavy (non-hydrogen) atoms. The molecule has 5 heteroatoms. The van der Waals surface area contributed by atoms with Gasteiger partial charge in [0, 0.05) is 5.56 Å². The summed E-state index contributed by atoms with van der Waals surface area (Å²) < 4.78 is 10.4. The van der Waals surface area contributed by atoms with Gasteiger partial charge in [-0.05, 0) is 36.6 Å². The quantitative estimate of drug-likeness (QED) is 0.583. The lowest BCUT2D eigenvalue weighted by molar-refractivity contribution is 0.0954. The van der Waals surface area contributed by atoms with E-state index in [0.29, 0.717) is 17.1 Å². The molecular weight excluding hydrogens is 316 g/mol. The molecule has 0 aliphatic carbocycles. The number of hydrogen-bond acceptors (Lipinski definition) is 4. The van der Waals surface area contributed by atoms with Gasteiger partial charge in [-0.25, -0.2) is 5.43 Å². The number of hydrazone groups is 1. The van der Waals surface area contributed by atoms with Gasteiger partial charge in [0.15, 0.2) is 11.5 Å². The van der Waals surface area contributed by atoms with Crippen LogP contribution in [0.1, 0.15) is 42.1 Å². The average Bonchev–Trinajstić information content (AvgIpc) is 2.67. The standard InChI is InChI=1S/C20H24N2O3/c1-4-5-11-17(15-9-7-6-8-10-15)21-22-20(23)16-12-13-18(24-2)19(14-16)25-3/h6-10,12-14H,4-5,11H2,1-3H3,(H,22,23)/b21-17+. The number of carbonyl (C=O) groups excluding carboxylic acids is 1. The van der Waals surface area contributed by atoms with Crippen LogP contribution in [0.4, 0.5) is 0 Å². The summed E-state index contributed by atoms with van der Waals surface area (Å²) in [4.78, 5) is 12.4. The first-order valence-electron chi connectivity index (χ1n) is 8.34. The lowest BCUT2D eigenvalue weighted by Gasteiger charge is -2.10. The lowest BCUT2D eigenvalue weighted by atomic mass is 10.1. The number of hydrogen-bond donors (Lipinski definition) is 1. The third-order valence-corrected chi connectivity index (χ3v) is 3.81. The molecule has 132 valence electrons. The van der Waals surface area contributed by atoms with E-state index in [2.05, 4.69) is 17.5 Å². The molecule has 0 aliphatic heterocycles. The summed E-state index contributed by atoms with van der Waals surface area (Å²) >= 11 is 0. The van der Waals surface area contributed by atoms with Crippen molar-refractivity contribution < 1.29 is 14.3 Å². The third-order valence-electron chi connectivity index (χ3n) is 3.81. The Labute approximate surface area is 148 Å². The van der Waals surface area contributed by atoms with Gasteiger partial charge in [0.2, 0.25) is 0 Å². The molecule has 2 rings (SSSR count). The Kier molecular flexibility index (Phi) is 7.01. The van der Waals surface area contributed by atoms with Crippen LogP contribution in [0.15, 0.2) is 53.6 Å². The molecule has 0 aromatic heterocycles. The molecule has 0 radical (unpaired) electrons. The highest BCUT2D eigenvalue weighted by atomic mass is 16.5. The maximum Gasteiger partial charge on any atom is 0.271 e. The number of methoxy groups -OCH3 is 2. The van der Waals surface area contributed by atoms with E-state index in [1.807, 2.05) is 30.3 Å². The van der Waals surface area contributed by atoms with Crippen LogP contribution in [-0.4, -0.2) is 25.8 Å². The van der Waals surface area contributed by atoms with E-state index in [4.69, 9.17) is 9.47 Å². The van der Waals surface area contributed by atoms with Gasteiger partial charge in [-0.3, -0.25) is 4.79 Å². The number of rotatable bonds is 8. The van der Waals surface area contributed by atoms with E-state index >= 15 is 0 Å². The van der Waals surface area contributed by atoms with Crippen LogP contribution in [-0.2, 0) is 0 Å². The first-order valence-corrected chi connectivity index (χ1v) is 8.34. The Hall–Kier alpha value is -2.82. The fourth-order valence-electron chi connectivity index (χ4n) is 2.40. The molecule has 0 aliphatic rings. The number of carbonyl (C=O) groups is 1. The number of benzene rings is 2. The molecule has 0 spiro atoms. The maximum absolute atomic E-state index is 12.4. The summed E-state index contributed by atoms with van der Waals surface area (Å²) in [6, 6.07) is 14.9. The number of ether oxygens (including phenoxy) is 2. The van der Waals surface area contributed by atoms with E-state index in [9.17, 15) is 4.79 Å². The van der Waals surface area contributed by atoms with Gasteiger partial charge in [-0.2, -0.15) is 5.10 Å². The summed E-state index contributed by atoms with van der Waals surface area (Å²) in [5.41, 5.74) is 5.00. The van der Waals surface area contributed by atoms with E-state index in [-0.39, 0.29) is 5.91 Å². The molecule has 1 amide bonds. The third kappa shape index (κ3) is 5.08. The van der Waals surface area contributed by atoms with Crippen LogP contribution in [0.3, 0.4) is 0 Å². The van der Waals surface area contributed by atoms with Crippen LogP contribution in [0.25, 0.3) is 0 Å². The van der Waals surface area contributed by atoms with Crippen molar-refractivity contribution in [1.82, 2.24) is 5.43 Å². The van der Waals surface area contributed by atoms with Crippen molar-refractivity contribution in [3.05, 3.63) is 59.7 Å². The van der Waals surface area contributed by atoms with Gasteiger partial charge in [0.05, 0.1) is 19.9 Å². The van der Waals surface area contributed by atoms with Crippen LogP contribution < -0.4 is 14.9 Å². The minimum Gasteiger partial charge on any atom is -0.493 e. The summed E-state index contributed by atoms with van der Waals surface area (Å²) in [5, 5.41) is 4.35. The maximum atomic E-state index is 12.4. The largest absolute Gasteiger partial charge is 0.493 e. The van der Waals surface area contributed by atoms with Gasteiger partial charge < -0.3 is 9.47 Å². The summed E-state index contributed by atoms with van der Waals surface area (Å²) in [6.07, 6.45) is 2.89. The number of nitrogens with zero attached hydrogens (tertiary/aromatic N) is 1. The zero-order valence-electron chi connectivity index (χ0n) is 14.9. The molecular formula is C20H24N2O3. The van der Waals surface area contributed by atoms with Crippen molar-refractivity contribution in [2.75, 3.05) is 14.2 Å². The van der Waals surface area contributed by atoms with Crippen molar-refractivity contribution in [1.29, 1.82) is 0 Å². The van der Waals surface area contributed by atoms with E-state index in [1.165, 1.54) is 7.11 Å². The van der Waals surface area contributed by atoms with Crippen molar-refractivity contribution in [3.8, 4) is 11.5 Å². The number of nitrogens with one attached hydrogen (secondary N) is 1. The second kappa shape index (κ2) is 9.47. The van der Waals surface area contributed by atoms with Crippen molar-refractivity contribution in [2.24, 2.45) is 5.10 Å². The van der Waals surface area contributed by atoms with Gasteiger partial charge in [0.25, 0.3) is 5.91 Å². The van der Waals surface area contributed by atoms with Crippen molar-refractivity contribution in [2.45, 2.75) is 26.2 Å². The SMILES string of the molecule is CCCC/C(=N\NC(=O)c1ccc(OC)c(OC)c1)c1ccccc1. The van der Waals surface area contributed by atoms with Crippen LogP contribution in [0.5, 0.6) is 11.5 Å². The van der Waals surface area contributed by atoms with Gasteiger partial charge in [-0.1, -0.05) is 43.7 Å². The fraction of sp³-hybridized carbons (Fsp3) is 0.300. The molecule has 0 bridgehead atoms. The van der Waals surface area contributed by atoms with E-state index < -0.39 is 0 Å². The minimum atomic E-state index is -0.286. The van der Waals surface area contributed by atoms with Gasteiger partial charge >= 0.3 is 0 Å². The minimum absolute atomic E-state index is 0.286. The second-order valence-electron chi connectivity index (χ2n) is 5.54. The summed E-state index contributed by atoms with van der Waals surface area (Å²) in [6.45, 7) is 2.13. The smallest absolute Gasteiger partial charge is 0.271 e. The highest BCUT2D eigenvalue weighted by Crippen LogP contribution is 2.27. The first-order chi connectivity index (χ1) is 12.2. The van der Waals surface area contributed by atoms with Crippen LogP contribution in [0, 0.1) is 0 Å². The van der Waals surface area contributed by atoms with Gasteiger partial charge in [-0.15, -0.1) is 0 Å². The normalized spacial score (nSPS) is 11.1. The predicted molar refractivity (Wildman–Crippen MR) is 99.5 cm³/mol. The monoisotopic (exact) mass is 340 g/mol. The Morgan fingerprint density at radius 2 is 1.72 bits per heavy atom. The molecule has 2 aromatic carbocycles. The van der Waals surface area contributed by atoms with E-state index in [1.54, 1.807) is 25.3 Å². The van der Waals surface area contributed by atoms with Crippen molar-refractivity contribution >= 4 is 11.6 Å².